The summed E-state index contributed by atoms with van der Waals surface area (Å²) in [5.41, 5.74) is 0.457. The lowest BCUT2D eigenvalue weighted by molar-refractivity contribution is 0.138. The van der Waals surface area contributed by atoms with Crippen LogP contribution in [0.3, 0.4) is 0 Å². The summed E-state index contributed by atoms with van der Waals surface area (Å²) in [5, 5.41) is 5.12. The fourth-order valence-corrected chi connectivity index (χ4v) is 3.50. The number of halogens is 1. The number of sulfonamides is 1. The van der Waals surface area contributed by atoms with Crippen LogP contribution in [0.4, 0.5) is 4.39 Å². The van der Waals surface area contributed by atoms with E-state index in [1.807, 2.05) is 0 Å². The monoisotopic (exact) mass is 271 g/mol. The van der Waals surface area contributed by atoms with Crippen LogP contribution in [0.2, 0.25) is 0 Å². The highest BCUT2D eigenvalue weighted by molar-refractivity contribution is 7.89. The molecule has 1 unspecified atom stereocenters. The van der Waals surface area contributed by atoms with Gasteiger partial charge >= 0.3 is 0 Å². The van der Waals surface area contributed by atoms with Crippen LogP contribution in [0.15, 0.2) is 18.2 Å². The van der Waals surface area contributed by atoms with Crippen molar-refractivity contribution >= 4 is 10.0 Å². The van der Waals surface area contributed by atoms with E-state index in [-0.39, 0.29) is 23.1 Å². The van der Waals surface area contributed by atoms with Crippen molar-refractivity contribution in [3.8, 4) is 5.75 Å². The molecule has 1 aliphatic heterocycles. The van der Waals surface area contributed by atoms with Crippen LogP contribution in [0.1, 0.15) is 30.7 Å². The molecule has 1 spiro atoms. The molecular formula is C12H14FNO3S. The zero-order chi connectivity index (χ0) is 13.0. The zero-order valence-corrected chi connectivity index (χ0v) is 10.5. The van der Waals surface area contributed by atoms with Gasteiger partial charge in [0.05, 0.1) is 5.75 Å². The highest BCUT2D eigenvalue weighted by Gasteiger charge is 2.51. The van der Waals surface area contributed by atoms with Crippen molar-refractivity contribution in [1.29, 1.82) is 0 Å². The van der Waals surface area contributed by atoms with Crippen molar-refractivity contribution in [1.82, 2.24) is 0 Å². The van der Waals surface area contributed by atoms with E-state index in [4.69, 9.17) is 9.88 Å². The van der Waals surface area contributed by atoms with Gasteiger partial charge in [0, 0.05) is 12.0 Å². The van der Waals surface area contributed by atoms with E-state index in [1.54, 1.807) is 6.07 Å². The van der Waals surface area contributed by atoms with Crippen LogP contribution in [-0.2, 0) is 10.0 Å². The minimum atomic E-state index is -3.55. The maximum Gasteiger partial charge on any atom is 0.209 e. The van der Waals surface area contributed by atoms with Gasteiger partial charge < -0.3 is 4.74 Å². The number of nitrogens with two attached hydrogens (primary N) is 1. The first-order chi connectivity index (χ1) is 8.37. The molecule has 0 aromatic heterocycles. The van der Waals surface area contributed by atoms with E-state index < -0.39 is 10.0 Å². The number of primary sulfonamides is 1. The van der Waals surface area contributed by atoms with Crippen molar-refractivity contribution in [2.45, 2.75) is 30.8 Å². The maximum absolute atomic E-state index is 13.2. The van der Waals surface area contributed by atoms with E-state index in [0.29, 0.717) is 12.2 Å². The average Bonchev–Trinajstić information content (AvgIpc) is 2.94. The third kappa shape index (κ3) is 2.22. The maximum atomic E-state index is 13.2. The highest BCUT2D eigenvalue weighted by Crippen LogP contribution is 2.52. The quantitative estimate of drug-likeness (QED) is 0.886. The highest BCUT2D eigenvalue weighted by atomic mass is 32.2. The molecule has 1 heterocycles. The summed E-state index contributed by atoms with van der Waals surface area (Å²) >= 11 is 0. The van der Waals surface area contributed by atoms with Crippen molar-refractivity contribution < 1.29 is 17.5 Å². The van der Waals surface area contributed by atoms with Crippen molar-refractivity contribution in [3.05, 3.63) is 29.6 Å². The molecule has 1 saturated carbocycles. The summed E-state index contributed by atoms with van der Waals surface area (Å²) in [4.78, 5) is 0. The second-order valence-corrected chi connectivity index (χ2v) is 6.86. The lowest BCUT2D eigenvalue weighted by Gasteiger charge is -2.32. The van der Waals surface area contributed by atoms with E-state index in [1.165, 1.54) is 12.1 Å². The van der Waals surface area contributed by atoms with Gasteiger partial charge in [-0.25, -0.2) is 17.9 Å². The molecule has 0 bridgehead atoms. The summed E-state index contributed by atoms with van der Waals surface area (Å²) in [7, 11) is -3.55. The molecule has 0 saturated heterocycles. The molecule has 6 heteroatoms. The Balaban J connectivity index is 2.00. The molecule has 2 aliphatic rings. The summed E-state index contributed by atoms with van der Waals surface area (Å²) in [5.74, 6) is -0.225. The standard InChI is InChI=1S/C12H14FNO3S/c13-9-1-2-10-8(7-18(14,15)16)6-12(3-4-12)17-11(10)5-9/h1-2,5,8H,3-4,6-7H2,(H2,14,15,16). The summed E-state index contributed by atoms with van der Waals surface area (Å²) in [6.45, 7) is 0. The molecule has 1 fully saturated rings. The molecule has 98 valence electrons. The molecule has 18 heavy (non-hydrogen) atoms. The number of hydrogen-bond donors (Lipinski definition) is 1. The lowest BCUT2D eigenvalue weighted by atomic mass is 9.90. The van der Waals surface area contributed by atoms with Gasteiger partial charge in [-0.1, -0.05) is 6.07 Å². The van der Waals surface area contributed by atoms with E-state index in [9.17, 15) is 12.8 Å². The molecule has 3 rings (SSSR count). The molecule has 0 radical (unpaired) electrons. The first kappa shape index (κ1) is 11.9. The number of benzene rings is 1. The van der Waals surface area contributed by atoms with E-state index in [2.05, 4.69) is 0 Å². The zero-order valence-electron chi connectivity index (χ0n) is 9.73. The van der Waals surface area contributed by atoms with Gasteiger partial charge in [-0.3, -0.25) is 0 Å². The van der Waals surface area contributed by atoms with Crippen molar-refractivity contribution in [3.63, 3.8) is 0 Å². The Hall–Kier alpha value is -1.14. The topological polar surface area (TPSA) is 69.4 Å². The fraction of sp³-hybridized carbons (Fsp3) is 0.500. The van der Waals surface area contributed by atoms with Crippen LogP contribution in [0.25, 0.3) is 0 Å². The number of ether oxygens (including phenoxy) is 1. The normalized spacial score (nSPS) is 24.4. The van der Waals surface area contributed by atoms with Gasteiger partial charge in [0.2, 0.25) is 10.0 Å². The van der Waals surface area contributed by atoms with Crippen LogP contribution >= 0.6 is 0 Å². The third-order valence-corrected chi connectivity index (χ3v) is 4.47. The summed E-state index contributed by atoms with van der Waals surface area (Å²) in [6, 6.07) is 4.24. The molecule has 1 aromatic rings. The Labute approximate surface area is 105 Å². The van der Waals surface area contributed by atoms with Gasteiger partial charge in [0.25, 0.3) is 0 Å². The Kier molecular flexibility index (Phi) is 2.44. The number of fused-ring (bicyclic) bond motifs is 1. The van der Waals surface area contributed by atoms with Gasteiger partial charge in [-0.15, -0.1) is 0 Å². The average molecular weight is 271 g/mol. The fourth-order valence-electron chi connectivity index (χ4n) is 2.64. The third-order valence-electron chi connectivity index (χ3n) is 3.60. The molecule has 1 atom stereocenters. The molecule has 1 aliphatic carbocycles. The van der Waals surface area contributed by atoms with Gasteiger partial charge in [0.1, 0.15) is 17.2 Å². The molecule has 0 amide bonds. The first-order valence-corrected chi connectivity index (χ1v) is 7.57. The van der Waals surface area contributed by atoms with Gasteiger partial charge in [-0.2, -0.15) is 0 Å². The van der Waals surface area contributed by atoms with Crippen molar-refractivity contribution in [2.24, 2.45) is 5.14 Å². The molecule has 1 aromatic carbocycles. The predicted molar refractivity (Wildman–Crippen MR) is 64.3 cm³/mol. The largest absolute Gasteiger partial charge is 0.487 e. The van der Waals surface area contributed by atoms with Crippen molar-refractivity contribution in [2.75, 3.05) is 5.75 Å². The smallest absolute Gasteiger partial charge is 0.209 e. The summed E-state index contributed by atoms with van der Waals surface area (Å²) in [6.07, 6.45) is 2.43. The SMILES string of the molecule is NS(=O)(=O)CC1CC2(CC2)Oc2cc(F)ccc21. The number of hydrogen-bond acceptors (Lipinski definition) is 3. The van der Waals surface area contributed by atoms with Crippen LogP contribution in [0.5, 0.6) is 5.75 Å². The van der Waals surface area contributed by atoms with E-state index >= 15 is 0 Å². The van der Waals surface area contributed by atoms with Crippen LogP contribution < -0.4 is 9.88 Å². The Morgan fingerprint density at radius 2 is 2.17 bits per heavy atom. The minimum Gasteiger partial charge on any atom is -0.487 e. The summed E-state index contributed by atoms with van der Waals surface area (Å²) < 4.78 is 41.5. The van der Waals surface area contributed by atoms with Gasteiger partial charge in [0.15, 0.2) is 0 Å². The Bertz CT molecular complexity index is 595. The molecule has 4 nitrogen and oxygen atoms in total. The molecular weight excluding hydrogens is 257 g/mol. The Morgan fingerprint density at radius 3 is 2.78 bits per heavy atom. The molecule has 2 N–H and O–H groups in total. The second kappa shape index (κ2) is 3.68. The first-order valence-electron chi connectivity index (χ1n) is 5.86. The number of rotatable bonds is 2. The minimum absolute atomic E-state index is 0.114. The lowest BCUT2D eigenvalue weighted by Crippen LogP contribution is -2.32. The second-order valence-electron chi connectivity index (χ2n) is 5.20. The van der Waals surface area contributed by atoms with Crippen LogP contribution in [0, 0.1) is 5.82 Å². The van der Waals surface area contributed by atoms with Crippen LogP contribution in [-0.4, -0.2) is 19.8 Å². The Morgan fingerprint density at radius 1 is 1.44 bits per heavy atom. The van der Waals surface area contributed by atoms with E-state index in [0.717, 1.165) is 18.4 Å². The predicted octanol–water partition coefficient (Wildman–Crippen LogP) is 1.51. The van der Waals surface area contributed by atoms with Gasteiger partial charge in [-0.05, 0) is 30.9 Å².